The topological polar surface area (TPSA) is 27.1 Å². The number of halogens is 9. The lowest BCUT2D eigenvalue weighted by Crippen LogP contribution is -2.07. The first-order valence-electron chi connectivity index (χ1n) is 20.0. The normalized spacial score (nSPS) is 12.4. The van der Waals surface area contributed by atoms with Crippen LogP contribution in [0.5, 0.6) is 0 Å². The van der Waals surface area contributed by atoms with Crippen LogP contribution in [0.25, 0.3) is 93.5 Å². The van der Waals surface area contributed by atoms with Crippen molar-refractivity contribution in [3.05, 3.63) is 191 Å². The van der Waals surface area contributed by atoms with Gasteiger partial charge in [0.2, 0.25) is 0 Å². The van der Waals surface area contributed by atoms with Crippen molar-refractivity contribution < 1.29 is 39.5 Å². The Balaban J connectivity index is 1.37. The number of pyridine rings is 1. The lowest BCUT2D eigenvalue weighted by molar-refractivity contribution is -0.138. The van der Waals surface area contributed by atoms with Crippen LogP contribution < -0.4 is 0 Å². The Morgan fingerprint density at radius 1 is 0.431 bits per heavy atom. The van der Waals surface area contributed by atoms with Crippen molar-refractivity contribution in [1.29, 1.82) is 0 Å². The average Bonchev–Trinajstić information content (AvgIpc) is 3.79. The summed E-state index contributed by atoms with van der Waals surface area (Å²) in [5, 5.41) is 0.430. The molecule has 0 aliphatic rings. The molecule has 3 heterocycles. The van der Waals surface area contributed by atoms with E-state index in [1.54, 1.807) is 58.5 Å². The highest BCUT2D eigenvalue weighted by molar-refractivity contribution is 6.12. The van der Waals surface area contributed by atoms with Gasteiger partial charge in [-0.2, -0.15) is 39.5 Å². The number of aromatic nitrogens is 3. The summed E-state index contributed by atoms with van der Waals surface area (Å²) in [6.07, 6.45) is -14.4. The van der Waals surface area contributed by atoms with Crippen molar-refractivity contribution in [1.82, 2.24) is 14.1 Å². The van der Waals surface area contributed by atoms with Gasteiger partial charge in [-0.05, 0) is 109 Å². The molecular formula is C52H29F9N4. The highest BCUT2D eigenvalue weighted by Gasteiger charge is 2.35. The van der Waals surface area contributed by atoms with Crippen LogP contribution in [0.3, 0.4) is 0 Å². The minimum Gasteiger partial charge on any atom is -0.308 e. The van der Waals surface area contributed by atoms with E-state index in [1.807, 2.05) is 60.7 Å². The zero-order chi connectivity index (χ0) is 45.6. The maximum atomic E-state index is 14.3. The van der Waals surface area contributed by atoms with Gasteiger partial charge in [-0.25, -0.2) is 9.83 Å². The van der Waals surface area contributed by atoms with Crippen molar-refractivity contribution in [3.63, 3.8) is 0 Å². The Morgan fingerprint density at radius 3 is 1.22 bits per heavy atom. The van der Waals surface area contributed by atoms with Crippen molar-refractivity contribution >= 4 is 49.3 Å². The molecule has 0 amide bonds. The molecule has 0 unspecified atom stereocenters. The molecule has 3 aromatic heterocycles. The molecule has 0 saturated carbocycles. The number of nitrogens with zero attached hydrogens (tertiary/aromatic N) is 4. The number of hydrogen-bond donors (Lipinski definition) is 0. The molecule has 0 fully saturated rings. The largest absolute Gasteiger partial charge is 0.416 e. The fraction of sp³-hybridized carbons (Fsp3) is 0.0769. The van der Waals surface area contributed by atoms with Crippen LogP contribution in [0.1, 0.15) is 22.3 Å². The van der Waals surface area contributed by atoms with Crippen molar-refractivity contribution in [2.24, 2.45) is 0 Å². The van der Waals surface area contributed by atoms with E-state index < -0.39 is 35.2 Å². The number of aryl methyl sites for hydroxylation is 1. The molecule has 320 valence electrons. The zero-order valence-electron chi connectivity index (χ0n) is 33.7. The summed E-state index contributed by atoms with van der Waals surface area (Å²) >= 11 is 0. The second-order valence-electron chi connectivity index (χ2n) is 15.7. The Morgan fingerprint density at radius 2 is 0.815 bits per heavy atom. The van der Waals surface area contributed by atoms with Crippen LogP contribution in [-0.2, 0) is 18.5 Å². The molecule has 0 saturated heterocycles. The lowest BCUT2D eigenvalue weighted by atomic mass is 9.97. The van der Waals surface area contributed by atoms with Crippen LogP contribution in [0.15, 0.2) is 158 Å². The highest BCUT2D eigenvalue weighted by Crippen LogP contribution is 2.46. The number of rotatable bonds is 5. The summed E-state index contributed by atoms with van der Waals surface area (Å²) in [7, 11) is 0. The van der Waals surface area contributed by atoms with Gasteiger partial charge in [0.15, 0.2) is 5.69 Å². The molecule has 0 spiro atoms. The summed E-state index contributed by atoms with van der Waals surface area (Å²) in [6.45, 7) is 10.4. The SMILES string of the molecule is [C-]#[N+]c1cc(-n2c3ccc(C)cc3c3cc(C(F)(F)F)ccc32)c(-n2c3ccc(C(F)(F)F)cc3c3cc(C(F)(F)F)ccc32)cc1-c1cc(-c2ccccc2)nc(-c2ccccc2)c1. The van der Waals surface area contributed by atoms with Crippen LogP contribution >= 0.6 is 0 Å². The Bertz CT molecular complexity index is 3440. The second kappa shape index (κ2) is 14.9. The van der Waals surface area contributed by atoms with Gasteiger partial charge in [-0.15, -0.1) is 0 Å². The Hall–Kier alpha value is -7.85. The van der Waals surface area contributed by atoms with E-state index >= 15 is 0 Å². The predicted octanol–water partition coefficient (Wildman–Crippen LogP) is 16.2. The summed E-state index contributed by atoms with van der Waals surface area (Å²) < 4.78 is 132. The molecular weight excluding hydrogens is 852 g/mol. The molecule has 7 aromatic carbocycles. The van der Waals surface area contributed by atoms with Crippen molar-refractivity contribution in [2.45, 2.75) is 25.5 Å². The first-order chi connectivity index (χ1) is 31.0. The number of benzene rings is 7. The van der Waals surface area contributed by atoms with Gasteiger partial charge in [-0.3, -0.25) is 0 Å². The van der Waals surface area contributed by atoms with Crippen LogP contribution in [0, 0.1) is 13.5 Å². The summed E-state index contributed by atoms with van der Waals surface area (Å²) in [6, 6.07) is 39.7. The molecule has 0 atom stereocenters. The summed E-state index contributed by atoms with van der Waals surface area (Å²) in [5.41, 5.74) is 2.68. The first-order valence-corrected chi connectivity index (χ1v) is 20.0. The van der Waals surface area contributed by atoms with E-state index in [0.29, 0.717) is 38.9 Å². The molecule has 13 heteroatoms. The maximum absolute atomic E-state index is 14.3. The summed E-state index contributed by atoms with van der Waals surface area (Å²) in [4.78, 5) is 8.95. The van der Waals surface area contributed by atoms with E-state index in [-0.39, 0.29) is 44.3 Å². The van der Waals surface area contributed by atoms with Gasteiger partial charge in [0.25, 0.3) is 0 Å². The monoisotopic (exact) mass is 880 g/mol. The molecule has 0 aliphatic heterocycles. The average molecular weight is 881 g/mol. The van der Waals surface area contributed by atoms with Gasteiger partial charge in [0.1, 0.15) is 0 Å². The Labute approximate surface area is 363 Å². The van der Waals surface area contributed by atoms with Crippen molar-refractivity contribution in [3.8, 4) is 45.0 Å². The quantitative estimate of drug-likeness (QED) is 0.125. The van der Waals surface area contributed by atoms with Crippen molar-refractivity contribution in [2.75, 3.05) is 0 Å². The fourth-order valence-corrected chi connectivity index (χ4v) is 8.66. The third-order valence-corrected chi connectivity index (χ3v) is 11.6. The minimum atomic E-state index is -4.84. The molecule has 0 bridgehead atoms. The first kappa shape index (κ1) is 41.2. The van der Waals surface area contributed by atoms with Gasteiger partial charge < -0.3 is 9.13 Å². The van der Waals surface area contributed by atoms with Gasteiger partial charge in [-0.1, -0.05) is 72.3 Å². The van der Waals surface area contributed by atoms with Crippen LogP contribution in [0.4, 0.5) is 45.2 Å². The molecule has 65 heavy (non-hydrogen) atoms. The second-order valence-corrected chi connectivity index (χ2v) is 15.7. The van der Waals surface area contributed by atoms with Crippen LogP contribution in [0.2, 0.25) is 0 Å². The molecule has 10 aromatic rings. The molecule has 10 rings (SSSR count). The van der Waals surface area contributed by atoms with E-state index in [9.17, 15) is 39.5 Å². The smallest absolute Gasteiger partial charge is 0.308 e. The standard InChI is InChI=1S/C52H29F9N4/c1-29-13-17-44-37(21-29)38-24-33(50(53,54)55)14-18-45(38)65(44)49-28-43(62-2)36(32-22-41(30-9-5-3-6-10-30)63-42(23-32)31-11-7-4-8-12-31)27-48(49)64-46-19-15-34(51(56,57)58)25-39(46)40-26-35(52(59,60)61)16-20-47(40)64/h3-28H,1H3. The lowest BCUT2D eigenvalue weighted by Gasteiger charge is -2.20. The third-order valence-electron chi connectivity index (χ3n) is 11.6. The van der Waals surface area contributed by atoms with Gasteiger partial charge in [0, 0.05) is 32.7 Å². The zero-order valence-corrected chi connectivity index (χ0v) is 33.7. The van der Waals surface area contributed by atoms with E-state index in [4.69, 9.17) is 11.6 Å². The Kier molecular flexibility index (Phi) is 9.42. The van der Waals surface area contributed by atoms with Gasteiger partial charge >= 0.3 is 18.5 Å². The number of hydrogen-bond acceptors (Lipinski definition) is 1. The third kappa shape index (κ3) is 7.11. The highest BCUT2D eigenvalue weighted by atomic mass is 19.4. The van der Waals surface area contributed by atoms with Crippen LogP contribution in [-0.4, -0.2) is 14.1 Å². The molecule has 4 nitrogen and oxygen atoms in total. The molecule has 0 radical (unpaired) electrons. The molecule has 0 N–H and O–H groups in total. The van der Waals surface area contributed by atoms with E-state index in [0.717, 1.165) is 53.1 Å². The summed E-state index contributed by atoms with van der Waals surface area (Å²) in [5.74, 6) is 0. The fourth-order valence-electron chi connectivity index (χ4n) is 8.66. The number of fused-ring (bicyclic) bond motifs is 6. The van der Waals surface area contributed by atoms with E-state index in [2.05, 4.69) is 4.85 Å². The minimum absolute atomic E-state index is 0.0986. The predicted molar refractivity (Wildman–Crippen MR) is 235 cm³/mol. The number of alkyl halides is 9. The van der Waals surface area contributed by atoms with E-state index in [1.165, 1.54) is 18.2 Å². The molecule has 0 aliphatic carbocycles. The maximum Gasteiger partial charge on any atom is 0.416 e. The van der Waals surface area contributed by atoms with Gasteiger partial charge in [0.05, 0.1) is 68.1 Å².